The molecule has 0 radical (unpaired) electrons. The van der Waals surface area contributed by atoms with Crippen LogP contribution in [-0.4, -0.2) is 16.1 Å². The SMILES string of the molecule is CC(C)(C)C(Cl)=CC1SCCCS1. The zero-order valence-corrected chi connectivity index (χ0v) is 10.9. The first-order valence-electron chi connectivity index (χ1n) is 4.61. The molecule has 3 heteroatoms. The average molecular weight is 237 g/mol. The van der Waals surface area contributed by atoms with Crippen molar-refractivity contribution < 1.29 is 0 Å². The van der Waals surface area contributed by atoms with Crippen molar-refractivity contribution in [2.45, 2.75) is 31.8 Å². The van der Waals surface area contributed by atoms with E-state index in [1.165, 1.54) is 17.9 Å². The molecule has 0 nitrogen and oxygen atoms in total. The molecule has 1 aliphatic heterocycles. The van der Waals surface area contributed by atoms with Crippen LogP contribution in [0.1, 0.15) is 27.2 Å². The van der Waals surface area contributed by atoms with Crippen molar-refractivity contribution in [3.8, 4) is 0 Å². The lowest BCUT2D eigenvalue weighted by Crippen LogP contribution is -2.09. The maximum absolute atomic E-state index is 6.22. The van der Waals surface area contributed by atoms with Crippen molar-refractivity contribution >= 4 is 35.1 Å². The smallest absolute Gasteiger partial charge is 0.0696 e. The van der Waals surface area contributed by atoms with Gasteiger partial charge in [0.1, 0.15) is 0 Å². The van der Waals surface area contributed by atoms with E-state index >= 15 is 0 Å². The third kappa shape index (κ3) is 4.18. The van der Waals surface area contributed by atoms with Gasteiger partial charge in [0.2, 0.25) is 0 Å². The van der Waals surface area contributed by atoms with Gasteiger partial charge in [-0.1, -0.05) is 32.4 Å². The molecule has 0 unspecified atom stereocenters. The predicted octanol–water partition coefficient (Wildman–Crippen LogP) is 4.35. The molecular formula is C10H17ClS2. The monoisotopic (exact) mass is 236 g/mol. The Kier molecular flexibility index (Phi) is 4.53. The van der Waals surface area contributed by atoms with E-state index in [0.29, 0.717) is 4.58 Å². The van der Waals surface area contributed by atoms with Crippen molar-refractivity contribution in [1.29, 1.82) is 0 Å². The third-order valence-corrected chi connectivity index (χ3v) is 5.34. The molecule has 0 saturated carbocycles. The average Bonchev–Trinajstić information content (AvgIpc) is 2.04. The highest BCUT2D eigenvalue weighted by Gasteiger charge is 2.18. The molecule has 0 aliphatic carbocycles. The topological polar surface area (TPSA) is 0 Å². The van der Waals surface area contributed by atoms with Crippen LogP contribution in [0.4, 0.5) is 0 Å². The molecule has 13 heavy (non-hydrogen) atoms. The van der Waals surface area contributed by atoms with Gasteiger partial charge in [-0.25, -0.2) is 0 Å². The summed E-state index contributed by atoms with van der Waals surface area (Å²) < 4.78 is 0.584. The van der Waals surface area contributed by atoms with Gasteiger partial charge in [0, 0.05) is 5.03 Å². The van der Waals surface area contributed by atoms with Crippen molar-refractivity contribution in [3.63, 3.8) is 0 Å². The van der Waals surface area contributed by atoms with E-state index in [2.05, 4.69) is 26.8 Å². The Bertz CT molecular complexity index is 188. The van der Waals surface area contributed by atoms with E-state index < -0.39 is 0 Å². The molecular weight excluding hydrogens is 220 g/mol. The van der Waals surface area contributed by atoms with Gasteiger partial charge in [0.05, 0.1) is 4.58 Å². The first-order valence-corrected chi connectivity index (χ1v) is 7.09. The predicted molar refractivity (Wildman–Crippen MR) is 66.7 cm³/mol. The van der Waals surface area contributed by atoms with Gasteiger partial charge < -0.3 is 0 Å². The summed E-state index contributed by atoms with van der Waals surface area (Å²) in [6, 6.07) is 0. The second-order valence-electron chi connectivity index (χ2n) is 4.23. The summed E-state index contributed by atoms with van der Waals surface area (Å²) in [7, 11) is 0. The normalized spacial score (nSPS) is 22.0. The zero-order chi connectivity index (χ0) is 9.90. The van der Waals surface area contributed by atoms with Crippen LogP contribution < -0.4 is 0 Å². The maximum atomic E-state index is 6.22. The lowest BCUT2D eigenvalue weighted by molar-refractivity contribution is 0.530. The fraction of sp³-hybridized carbons (Fsp3) is 0.800. The van der Waals surface area contributed by atoms with Gasteiger partial charge in [-0.05, 0) is 29.4 Å². The van der Waals surface area contributed by atoms with Crippen LogP contribution in [-0.2, 0) is 0 Å². The van der Waals surface area contributed by atoms with E-state index in [4.69, 9.17) is 11.6 Å². The number of hydrogen-bond acceptors (Lipinski definition) is 2. The van der Waals surface area contributed by atoms with Gasteiger partial charge in [-0.15, -0.1) is 23.5 Å². The molecule has 1 heterocycles. The fourth-order valence-electron chi connectivity index (χ4n) is 0.972. The lowest BCUT2D eigenvalue weighted by atomic mass is 9.96. The summed E-state index contributed by atoms with van der Waals surface area (Å²) in [6.45, 7) is 6.47. The van der Waals surface area contributed by atoms with E-state index in [-0.39, 0.29) is 5.41 Å². The summed E-state index contributed by atoms with van der Waals surface area (Å²) in [5.74, 6) is 2.56. The molecule has 76 valence electrons. The highest BCUT2D eigenvalue weighted by atomic mass is 35.5. The van der Waals surface area contributed by atoms with Gasteiger partial charge >= 0.3 is 0 Å². The molecule has 1 fully saturated rings. The third-order valence-electron chi connectivity index (χ3n) is 1.85. The quantitative estimate of drug-likeness (QED) is 0.664. The van der Waals surface area contributed by atoms with Gasteiger partial charge in [-0.2, -0.15) is 0 Å². The summed E-state index contributed by atoms with van der Waals surface area (Å²) >= 11 is 10.2. The summed E-state index contributed by atoms with van der Waals surface area (Å²) in [6.07, 6.45) is 3.56. The summed E-state index contributed by atoms with van der Waals surface area (Å²) in [5, 5.41) is 0.999. The minimum atomic E-state index is 0.111. The highest BCUT2D eigenvalue weighted by molar-refractivity contribution is 8.17. The van der Waals surface area contributed by atoms with Crippen LogP contribution in [0.2, 0.25) is 0 Å². The number of halogens is 1. The Labute approximate surface area is 94.9 Å². The van der Waals surface area contributed by atoms with Crippen LogP contribution in [0.15, 0.2) is 11.1 Å². The first-order chi connectivity index (χ1) is 6.00. The van der Waals surface area contributed by atoms with Gasteiger partial charge in [-0.3, -0.25) is 0 Å². The molecule has 0 spiro atoms. The number of rotatable bonds is 1. The van der Waals surface area contributed by atoms with Crippen LogP contribution in [0.3, 0.4) is 0 Å². The highest BCUT2D eigenvalue weighted by Crippen LogP contribution is 2.36. The second kappa shape index (κ2) is 4.99. The molecule has 0 amide bonds. The van der Waals surface area contributed by atoms with E-state index in [1.807, 2.05) is 23.5 Å². The van der Waals surface area contributed by atoms with Crippen molar-refractivity contribution in [3.05, 3.63) is 11.1 Å². The fourth-order valence-corrected chi connectivity index (χ4v) is 3.94. The second-order valence-corrected chi connectivity index (χ2v) is 7.43. The number of hydrogen-bond donors (Lipinski definition) is 0. The lowest BCUT2D eigenvalue weighted by Gasteiger charge is -2.22. The molecule has 0 bridgehead atoms. The van der Waals surface area contributed by atoms with Gasteiger partial charge in [0.25, 0.3) is 0 Å². The molecule has 0 atom stereocenters. The van der Waals surface area contributed by atoms with E-state index in [9.17, 15) is 0 Å². The standard InChI is InChI=1S/C10H17ClS2/c1-10(2,3)8(11)7-9-12-5-4-6-13-9/h7,9H,4-6H2,1-3H3. The molecule has 0 N–H and O–H groups in total. The Morgan fingerprint density at radius 3 is 2.31 bits per heavy atom. The molecule has 0 aromatic heterocycles. The molecule has 1 aliphatic rings. The first kappa shape index (κ1) is 11.8. The maximum Gasteiger partial charge on any atom is 0.0696 e. The minimum Gasteiger partial charge on any atom is -0.143 e. The molecule has 0 aromatic rings. The Morgan fingerprint density at radius 1 is 1.31 bits per heavy atom. The van der Waals surface area contributed by atoms with Crippen LogP contribution in [0, 0.1) is 5.41 Å². The Balaban J connectivity index is 2.53. The van der Waals surface area contributed by atoms with Gasteiger partial charge in [0.15, 0.2) is 0 Å². The van der Waals surface area contributed by atoms with E-state index in [1.54, 1.807) is 0 Å². The van der Waals surface area contributed by atoms with Crippen molar-refractivity contribution in [2.24, 2.45) is 5.41 Å². The zero-order valence-electron chi connectivity index (χ0n) is 8.47. The van der Waals surface area contributed by atoms with E-state index in [0.717, 1.165) is 5.03 Å². The molecule has 1 rings (SSSR count). The molecule has 1 saturated heterocycles. The minimum absolute atomic E-state index is 0.111. The van der Waals surface area contributed by atoms with Crippen LogP contribution in [0.5, 0.6) is 0 Å². The Hall–Kier alpha value is 0.730. The summed E-state index contributed by atoms with van der Waals surface area (Å²) in [4.78, 5) is 0. The largest absolute Gasteiger partial charge is 0.143 e. The van der Waals surface area contributed by atoms with Crippen molar-refractivity contribution in [1.82, 2.24) is 0 Å². The number of allylic oxidation sites excluding steroid dienone is 1. The Morgan fingerprint density at radius 2 is 1.85 bits per heavy atom. The van der Waals surface area contributed by atoms with Crippen molar-refractivity contribution in [2.75, 3.05) is 11.5 Å². The van der Waals surface area contributed by atoms with Crippen LogP contribution >= 0.6 is 35.1 Å². The molecule has 0 aromatic carbocycles. The van der Waals surface area contributed by atoms with Crippen LogP contribution in [0.25, 0.3) is 0 Å². The summed E-state index contributed by atoms with van der Waals surface area (Å²) in [5.41, 5.74) is 0.111. The number of thioether (sulfide) groups is 2.